The standard InChI is InChI=1S/C14H22N2O7/c1-14(2)22-10-8(6-20-7-19-3)21-12(11(10)23-14)16-5-4-9(17)15-13(16)18/h8,10-12H,4-7H2,1-3H3,(H,15,17,18)/t8-,10-,11-,12-/m1/s1. The van der Waals surface area contributed by atoms with Gasteiger partial charge in [0.2, 0.25) is 5.91 Å². The molecule has 0 saturated carbocycles. The van der Waals surface area contributed by atoms with Crippen molar-refractivity contribution in [3.05, 3.63) is 0 Å². The summed E-state index contributed by atoms with van der Waals surface area (Å²) in [5, 5.41) is 2.29. The maximum Gasteiger partial charge on any atom is 0.326 e. The van der Waals surface area contributed by atoms with Crippen LogP contribution in [0.25, 0.3) is 0 Å². The largest absolute Gasteiger partial charge is 0.359 e. The van der Waals surface area contributed by atoms with Crippen LogP contribution >= 0.6 is 0 Å². The van der Waals surface area contributed by atoms with Gasteiger partial charge in [-0.05, 0) is 13.8 Å². The van der Waals surface area contributed by atoms with Gasteiger partial charge in [0.05, 0.1) is 6.61 Å². The Hall–Kier alpha value is -1.26. The van der Waals surface area contributed by atoms with Gasteiger partial charge >= 0.3 is 6.03 Å². The number of rotatable bonds is 5. The van der Waals surface area contributed by atoms with Crippen LogP contribution in [-0.2, 0) is 28.5 Å². The summed E-state index contributed by atoms with van der Waals surface area (Å²) in [5.41, 5.74) is 0. The Morgan fingerprint density at radius 2 is 2.04 bits per heavy atom. The highest BCUT2D eigenvalue weighted by atomic mass is 16.8. The van der Waals surface area contributed by atoms with Crippen molar-refractivity contribution >= 4 is 11.9 Å². The molecule has 3 amide bonds. The van der Waals surface area contributed by atoms with Crippen molar-refractivity contribution in [1.82, 2.24) is 10.2 Å². The first-order valence-electron chi connectivity index (χ1n) is 7.59. The predicted octanol–water partition coefficient (Wildman–Crippen LogP) is -0.206. The first-order valence-corrected chi connectivity index (χ1v) is 7.59. The lowest BCUT2D eigenvalue weighted by molar-refractivity contribution is -0.209. The number of nitrogens with one attached hydrogen (secondary N) is 1. The molecule has 3 aliphatic rings. The SMILES string of the molecule is COCOC[C@H]1O[C@@H](N2CCC(=O)NC2=O)[C@@H]2OC(C)(C)O[C@@H]21. The summed E-state index contributed by atoms with van der Waals surface area (Å²) < 4.78 is 28.0. The van der Waals surface area contributed by atoms with Crippen LogP contribution in [0.15, 0.2) is 0 Å². The number of methoxy groups -OCH3 is 1. The highest BCUT2D eigenvalue weighted by molar-refractivity contribution is 5.96. The molecule has 3 aliphatic heterocycles. The molecule has 0 aromatic heterocycles. The highest BCUT2D eigenvalue weighted by Crippen LogP contribution is 2.40. The zero-order valence-corrected chi connectivity index (χ0v) is 13.4. The van der Waals surface area contributed by atoms with Crippen LogP contribution in [-0.4, -0.2) is 74.2 Å². The first kappa shape index (κ1) is 16.6. The van der Waals surface area contributed by atoms with Crippen molar-refractivity contribution in [2.45, 2.75) is 50.6 Å². The van der Waals surface area contributed by atoms with Gasteiger partial charge in [0.1, 0.15) is 25.1 Å². The number of amides is 3. The quantitative estimate of drug-likeness (QED) is 0.550. The summed E-state index contributed by atoms with van der Waals surface area (Å²) in [5.74, 6) is -1.05. The van der Waals surface area contributed by atoms with Crippen LogP contribution in [0.5, 0.6) is 0 Å². The van der Waals surface area contributed by atoms with E-state index in [1.54, 1.807) is 0 Å². The Labute approximate surface area is 134 Å². The van der Waals surface area contributed by atoms with Crippen LogP contribution in [0.1, 0.15) is 20.3 Å². The summed E-state index contributed by atoms with van der Waals surface area (Å²) >= 11 is 0. The Kier molecular flexibility index (Phi) is 4.56. The third kappa shape index (κ3) is 3.33. The second-order valence-electron chi connectivity index (χ2n) is 6.20. The van der Waals surface area contributed by atoms with Crippen LogP contribution in [0.2, 0.25) is 0 Å². The van der Waals surface area contributed by atoms with E-state index in [0.29, 0.717) is 0 Å². The molecule has 9 nitrogen and oxygen atoms in total. The monoisotopic (exact) mass is 330 g/mol. The van der Waals surface area contributed by atoms with Gasteiger partial charge in [-0.1, -0.05) is 0 Å². The van der Waals surface area contributed by atoms with E-state index in [9.17, 15) is 9.59 Å². The summed E-state index contributed by atoms with van der Waals surface area (Å²) in [6.45, 7) is 4.32. The number of urea groups is 1. The minimum absolute atomic E-state index is 0.144. The topological polar surface area (TPSA) is 95.6 Å². The molecule has 130 valence electrons. The highest BCUT2D eigenvalue weighted by Gasteiger charge is 2.57. The molecule has 3 heterocycles. The predicted molar refractivity (Wildman–Crippen MR) is 75.2 cm³/mol. The maximum atomic E-state index is 12.1. The summed E-state index contributed by atoms with van der Waals surface area (Å²) in [4.78, 5) is 24.9. The third-order valence-corrected chi connectivity index (χ3v) is 4.00. The van der Waals surface area contributed by atoms with Crippen molar-refractivity contribution < 1.29 is 33.3 Å². The van der Waals surface area contributed by atoms with Gasteiger partial charge < -0.3 is 23.7 Å². The number of nitrogens with zero attached hydrogens (tertiary/aromatic N) is 1. The van der Waals surface area contributed by atoms with Crippen LogP contribution in [0.4, 0.5) is 4.79 Å². The van der Waals surface area contributed by atoms with Gasteiger partial charge in [0.25, 0.3) is 0 Å². The molecule has 3 rings (SSSR count). The minimum Gasteiger partial charge on any atom is -0.359 e. The molecule has 23 heavy (non-hydrogen) atoms. The van der Waals surface area contributed by atoms with E-state index in [2.05, 4.69) is 5.32 Å². The number of carbonyl (C=O) groups is 2. The smallest absolute Gasteiger partial charge is 0.326 e. The van der Waals surface area contributed by atoms with Gasteiger partial charge in [-0.3, -0.25) is 15.0 Å². The second-order valence-corrected chi connectivity index (χ2v) is 6.20. The minimum atomic E-state index is -0.765. The fourth-order valence-corrected chi connectivity index (χ4v) is 3.11. The zero-order valence-electron chi connectivity index (χ0n) is 13.4. The lowest BCUT2D eigenvalue weighted by Crippen LogP contribution is -2.56. The second kappa shape index (κ2) is 6.33. The third-order valence-electron chi connectivity index (χ3n) is 4.00. The van der Waals surface area contributed by atoms with E-state index < -0.39 is 24.2 Å². The Morgan fingerprint density at radius 1 is 1.30 bits per heavy atom. The average molecular weight is 330 g/mol. The Bertz CT molecular complexity index is 484. The number of hydrogen-bond acceptors (Lipinski definition) is 7. The number of hydrogen-bond donors (Lipinski definition) is 1. The molecular weight excluding hydrogens is 308 g/mol. The molecule has 1 N–H and O–H groups in total. The molecule has 0 bridgehead atoms. The van der Waals surface area contributed by atoms with Crippen molar-refractivity contribution in [3.63, 3.8) is 0 Å². The van der Waals surface area contributed by atoms with Gasteiger partial charge in [-0.25, -0.2) is 4.79 Å². The summed E-state index contributed by atoms with van der Waals surface area (Å²) in [7, 11) is 1.54. The van der Waals surface area contributed by atoms with Gasteiger partial charge in [0, 0.05) is 20.1 Å². The summed E-state index contributed by atoms with van der Waals surface area (Å²) in [6.07, 6.45) is -1.55. The Balaban J connectivity index is 1.72. The van der Waals surface area contributed by atoms with Crippen LogP contribution in [0.3, 0.4) is 0 Å². The van der Waals surface area contributed by atoms with E-state index in [1.165, 1.54) is 12.0 Å². The van der Waals surface area contributed by atoms with Crippen molar-refractivity contribution in [2.75, 3.05) is 27.1 Å². The summed E-state index contributed by atoms with van der Waals surface area (Å²) in [6, 6.07) is -0.475. The zero-order chi connectivity index (χ0) is 16.6. The maximum absolute atomic E-state index is 12.1. The molecule has 0 aliphatic carbocycles. The number of ether oxygens (including phenoxy) is 5. The lowest BCUT2D eigenvalue weighted by atomic mass is 10.1. The molecule has 9 heteroatoms. The van der Waals surface area contributed by atoms with Crippen molar-refractivity contribution in [2.24, 2.45) is 0 Å². The van der Waals surface area contributed by atoms with Crippen molar-refractivity contribution in [3.8, 4) is 0 Å². The van der Waals surface area contributed by atoms with E-state index >= 15 is 0 Å². The molecule has 0 spiro atoms. The van der Waals surface area contributed by atoms with E-state index in [-0.39, 0.29) is 44.5 Å². The molecule has 3 fully saturated rings. The Morgan fingerprint density at radius 3 is 2.74 bits per heavy atom. The van der Waals surface area contributed by atoms with Crippen molar-refractivity contribution in [1.29, 1.82) is 0 Å². The molecule has 0 radical (unpaired) electrons. The van der Waals surface area contributed by atoms with E-state index in [1.807, 2.05) is 13.8 Å². The molecular formula is C14H22N2O7. The fourth-order valence-electron chi connectivity index (χ4n) is 3.11. The van der Waals surface area contributed by atoms with Crippen LogP contribution < -0.4 is 5.32 Å². The van der Waals surface area contributed by atoms with E-state index in [4.69, 9.17) is 23.7 Å². The first-order chi connectivity index (χ1) is 10.9. The molecule has 3 saturated heterocycles. The molecule has 0 aromatic carbocycles. The number of imide groups is 1. The van der Waals surface area contributed by atoms with Gasteiger partial charge in [-0.15, -0.1) is 0 Å². The average Bonchev–Trinajstić information content (AvgIpc) is 2.94. The molecule has 4 atom stereocenters. The number of fused-ring (bicyclic) bond motifs is 1. The lowest BCUT2D eigenvalue weighted by Gasteiger charge is -2.34. The van der Waals surface area contributed by atoms with Gasteiger partial charge in [0.15, 0.2) is 12.0 Å². The van der Waals surface area contributed by atoms with Crippen LogP contribution in [0, 0.1) is 0 Å². The normalized spacial score (nSPS) is 36.2. The molecule has 0 unspecified atom stereocenters. The molecule has 0 aromatic rings. The van der Waals surface area contributed by atoms with Gasteiger partial charge in [-0.2, -0.15) is 0 Å². The fraction of sp³-hybridized carbons (Fsp3) is 0.857. The van der Waals surface area contributed by atoms with E-state index in [0.717, 1.165) is 0 Å². The number of carbonyl (C=O) groups excluding carboxylic acids is 2.